The van der Waals surface area contributed by atoms with Crippen molar-refractivity contribution in [1.29, 1.82) is 0 Å². The van der Waals surface area contributed by atoms with Crippen molar-refractivity contribution >= 4 is 40.4 Å². The third-order valence-corrected chi connectivity index (χ3v) is 5.68. The molecule has 0 aliphatic carbocycles. The molecule has 172 valence electrons. The van der Waals surface area contributed by atoms with Crippen LogP contribution in [0.3, 0.4) is 0 Å². The molecule has 2 N–H and O–H groups in total. The van der Waals surface area contributed by atoms with Crippen LogP contribution in [0.4, 0.5) is 17.1 Å². The smallest absolute Gasteiger partial charge is 0.282 e. The summed E-state index contributed by atoms with van der Waals surface area (Å²) in [6.45, 7) is 5.34. The number of nitrogens with zero attached hydrogens (tertiary/aromatic N) is 1. The zero-order chi connectivity index (χ0) is 24.4. The maximum atomic E-state index is 13.7. The van der Waals surface area contributed by atoms with Gasteiger partial charge in [0.25, 0.3) is 11.8 Å². The first-order valence-corrected chi connectivity index (χ1v) is 10.8. The molecule has 7 nitrogen and oxygen atoms in total. The number of anilines is 3. The molecule has 3 aromatic carbocycles. The van der Waals surface area contributed by atoms with Crippen LogP contribution in [0.15, 0.2) is 72.4 Å². The third-order valence-electron chi connectivity index (χ3n) is 5.68. The van der Waals surface area contributed by atoms with Gasteiger partial charge in [-0.05, 0) is 67.4 Å². The molecule has 3 amide bonds. The predicted molar refractivity (Wildman–Crippen MR) is 133 cm³/mol. The summed E-state index contributed by atoms with van der Waals surface area (Å²) in [5, 5.41) is 5.83. The molecule has 0 atom stereocenters. The second-order valence-corrected chi connectivity index (χ2v) is 8.05. The summed E-state index contributed by atoms with van der Waals surface area (Å²) in [5.41, 5.74) is 4.68. The summed E-state index contributed by atoms with van der Waals surface area (Å²) in [6, 6.07) is 19.5. The second-order valence-electron chi connectivity index (χ2n) is 8.05. The summed E-state index contributed by atoms with van der Waals surface area (Å²) in [5.74, 6) is -0.585. The van der Waals surface area contributed by atoms with Gasteiger partial charge in [-0.2, -0.15) is 0 Å². The highest BCUT2D eigenvalue weighted by molar-refractivity contribution is 6.46. The minimum Gasteiger partial charge on any atom is -0.496 e. The number of carbonyl (C=O) groups excluding carboxylic acids is 3. The number of amides is 3. The van der Waals surface area contributed by atoms with Crippen molar-refractivity contribution in [2.45, 2.75) is 20.8 Å². The van der Waals surface area contributed by atoms with Crippen molar-refractivity contribution in [3.63, 3.8) is 0 Å². The van der Waals surface area contributed by atoms with E-state index in [0.29, 0.717) is 28.4 Å². The van der Waals surface area contributed by atoms with Gasteiger partial charge in [0.05, 0.1) is 18.4 Å². The fraction of sp³-hybridized carbons (Fsp3) is 0.148. The van der Waals surface area contributed by atoms with E-state index >= 15 is 0 Å². The van der Waals surface area contributed by atoms with E-state index < -0.39 is 11.8 Å². The molecule has 4 rings (SSSR count). The van der Waals surface area contributed by atoms with Crippen LogP contribution in [0.5, 0.6) is 5.75 Å². The first kappa shape index (κ1) is 22.8. The number of hydrogen-bond donors (Lipinski definition) is 2. The Morgan fingerprint density at radius 3 is 2.18 bits per heavy atom. The Hall–Kier alpha value is -4.39. The Morgan fingerprint density at radius 1 is 0.853 bits per heavy atom. The maximum absolute atomic E-state index is 13.7. The van der Waals surface area contributed by atoms with Crippen molar-refractivity contribution in [3.05, 3.63) is 89.1 Å². The van der Waals surface area contributed by atoms with Crippen molar-refractivity contribution < 1.29 is 19.1 Å². The molecular formula is C27H25N3O4. The van der Waals surface area contributed by atoms with E-state index in [-0.39, 0.29) is 17.2 Å². The molecule has 0 spiro atoms. The molecule has 0 unspecified atom stereocenters. The van der Waals surface area contributed by atoms with Crippen molar-refractivity contribution in [1.82, 2.24) is 0 Å². The summed E-state index contributed by atoms with van der Waals surface area (Å²) in [7, 11) is 1.52. The zero-order valence-corrected chi connectivity index (χ0v) is 19.4. The Morgan fingerprint density at radius 2 is 1.53 bits per heavy atom. The van der Waals surface area contributed by atoms with Crippen LogP contribution in [-0.2, 0) is 14.4 Å². The van der Waals surface area contributed by atoms with Gasteiger partial charge in [0, 0.05) is 23.9 Å². The zero-order valence-electron chi connectivity index (χ0n) is 19.4. The van der Waals surface area contributed by atoms with E-state index in [0.717, 1.165) is 11.1 Å². The molecule has 1 aliphatic heterocycles. The number of methoxy groups -OCH3 is 1. The number of hydrogen-bond acceptors (Lipinski definition) is 5. The summed E-state index contributed by atoms with van der Waals surface area (Å²) < 4.78 is 5.48. The largest absolute Gasteiger partial charge is 0.496 e. The molecule has 0 bridgehead atoms. The van der Waals surface area contributed by atoms with Gasteiger partial charge in [0.15, 0.2) is 0 Å². The Balaban J connectivity index is 1.80. The monoisotopic (exact) mass is 455 g/mol. The van der Waals surface area contributed by atoms with Crippen LogP contribution in [0.1, 0.15) is 23.6 Å². The van der Waals surface area contributed by atoms with E-state index in [1.165, 1.54) is 18.9 Å². The molecule has 1 aliphatic rings. The average Bonchev–Trinajstić information content (AvgIpc) is 3.05. The van der Waals surface area contributed by atoms with Gasteiger partial charge in [-0.25, -0.2) is 4.90 Å². The molecule has 0 fully saturated rings. The Labute approximate surface area is 198 Å². The Bertz CT molecular complexity index is 1330. The fourth-order valence-electron chi connectivity index (χ4n) is 3.83. The molecule has 0 radical (unpaired) electrons. The van der Waals surface area contributed by atoms with E-state index in [1.54, 1.807) is 54.6 Å². The van der Waals surface area contributed by atoms with E-state index in [1.807, 2.05) is 26.0 Å². The molecule has 34 heavy (non-hydrogen) atoms. The molecule has 0 saturated heterocycles. The van der Waals surface area contributed by atoms with Crippen LogP contribution in [0, 0.1) is 13.8 Å². The number of imide groups is 1. The van der Waals surface area contributed by atoms with Crippen LogP contribution in [0.25, 0.3) is 5.57 Å². The van der Waals surface area contributed by atoms with Crippen molar-refractivity contribution in [2.75, 3.05) is 22.6 Å². The van der Waals surface area contributed by atoms with Crippen molar-refractivity contribution in [2.24, 2.45) is 0 Å². The van der Waals surface area contributed by atoms with Gasteiger partial charge in [-0.15, -0.1) is 0 Å². The molecular weight excluding hydrogens is 430 g/mol. The molecule has 0 aromatic heterocycles. The average molecular weight is 456 g/mol. The minimum atomic E-state index is -0.458. The summed E-state index contributed by atoms with van der Waals surface area (Å²) in [4.78, 5) is 39.7. The molecule has 1 heterocycles. The highest BCUT2D eigenvalue weighted by atomic mass is 16.5. The SMILES string of the molecule is COc1ccccc1C1=C(Nc2ccc(NC(C)=O)cc2)C(=O)N(c2ccc(C)c(C)c2)C1=O. The maximum Gasteiger partial charge on any atom is 0.282 e. The van der Waals surface area contributed by atoms with Crippen LogP contribution in [-0.4, -0.2) is 24.8 Å². The van der Waals surface area contributed by atoms with E-state index in [2.05, 4.69) is 10.6 Å². The minimum absolute atomic E-state index is 0.153. The number of para-hydroxylation sites is 1. The number of ether oxygens (including phenoxy) is 1. The first-order valence-electron chi connectivity index (χ1n) is 10.8. The van der Waals surface area contributed by atoms with Crippen LogP contribution >= 0.6 is 0 Å². The number of rotatable bonds is 6. The van der Waals surface area contributed by atoms with Crippen LogP contribution < -0.4 is 20.3 Å². The summed E-state index contributed by atoms with van der Waals surface area (Å²) in [6.07, 6.45) is 0. The normalized spacial score (nSPS) is 13.4. The lowest BCUT2D eigenvalue weighted by molar-refractivity contribution is -0.120. The van der Waals surface area contributed by atoms with Gasteiger partial charge in [0.2, 0.25) is 5.91 Å². The van der Waals surface area contributed by atoms with Crippen LogP contribution in [0.2, 0.25) is 0 Å². The van der Waals surface area contributed by atoms with E-state index in [9.17, 15) is 14.4 Å². The standard InChI is InChI=1S/C27H25N3O4/c1-16-9-14-21(15-17(16)2)30-26(32)24(22-7-5-6-8-23(22)34-4)25(27(30)33)29-20-12-10-19(11-13-20)28-18(3)31/h5-15,29H,1-4H3,(H,28,31). The van der Waals surface area contributed by atoms with Gasteiger partial charge in [-0.1, -0.05) is 24.3 Å². The number of carbonyl (C=O) groups is 3. The first-order chi connectivity index (χ1) is 16.3. The fourth-order valence-corrected chi connectivity index (χ4v) is 3.83. The lowest BCUT2D eigenvalue weighted by Crippen LogP contribution is -2.32. The van der Waals surface area contributed by atoms with Crippen molar-refractivity contribution in [3.8, 4) is 5.75 Å². The third kappa shape index (κ3) is 4.28. The molecule has 3 aromatic rings. The Kier molecular flexibility index (Phi) is 6.19. The second kappa shape index (κ2) is 9.23. The topological polar surface area (TPSA) is 87.7 Å². The lowest BCUT2D eigenvalue weighted by atomic mass is 10.0. The van der Waals surface area contributed by atoms with Gasteiger partial charge in [-0.3, -0.25) is 14.4 Å². The quantitative estimate of drug-likeness (QED) is 0.528. The summed E-state index contributed by atoms with van der Waals surface area (Å²) >= 11 is 0. The number of aryl methyl sites for hydroxylation is 2. The van der Waals surface area contributed by atoms with Gasteiger partial charge >= 0.3 is 0 Å². The molecule has 7 heteroatoms. The predicted octanol–water partition coefficient (Wildman–Crippen LogP) is 4.67. The highest BCUT2D eigenvalue weighted by Crippen LogP contribution is 2.37. The van der Waals surface area contributed by atoms with E-state index in [4.69, 9.17) is 4.74 Å². The lowest BCUT2D eigenvalue weighted by Gasteiger charge is -2.17. The van der Waals surface area contributed by atoms with Gasteiger partial charge < -0.3 is 15.4 Å². The number of nitrogens with one attached hydrogen (secondary N) is 2. The number of benzene rings is 3. The molecule has 0 saturated carbocycles. The van der Waals surface area contributed by atoms with Gasteiger partial charge in [0.1, 0.15) is 11.4 Å². The highest BCUT2D eigenvalue weighted by Gasteiger charge is 2.41.